The number of benzene rings is 2. The normalized spacial score (nSPS) is 31.9. The summed E-state index contributed by atoms with van der Waals surface area (Å²) in [6.45, 7) is -0.817. The van der Waals surface area contributed by atoms with Crippen LogP contribution in [0.2, 0.25) is 0 Å². The maximum absolute atomic E-state index is 13.7. The van der Waals surface area contributed by atoms with Gasteiger partial charge >= 0.3 is 5.97 Å². The highest BCUT2D eigenvalue weighted by atomic mass is 16.7. The van der Waals surface area contributed by atoms with Crippen molar-refractivity contribution in [2.45, 2.75) is 61.4 Å². The number of fused-ring (bicyclic) bond motifs is 1. The van der Waals surface area contributed by atoms with Gasteiger partial charge in [-0.05, 0) is 18.2 Å². The number of carboxylic acids is 1. The van der Waals surface area contributed by atoms with Crippen molar-refractivity contribution in [3.8, 4) is 40.1 Å². The zero-order valence-electron chi connectivity index (χ0n) is 22.6. The molecule has 0 radical (unpaired) electrons. The quantitative estimate of drug-likeness (QED) is 0.115. The molecule has 2 aliphatic rings. The molecule has 3 heterocycles. The van der Waals surface area contributed by atoms with Crippen LogP contribution >= 0.6 is 0 Å². The van der Waals surface area contributed by atoms with Crippen molar-refractivity contribution in [1.82, 2.24) is 0 Å². The molecule has 0 bridgehead atoms. The fraction of sp³-hybridized carbons (Fsp3) is 0.407. The molecule has 2 aromatic carbocycles. The lowest BCUT2D eigenvalue weighted by atomic mass is 9.99. The Bertz CT molecular complexity index is 1640. The third kappa shape index (κ3) is 5.81. The largest absolute Gasteiger partial charge is 0.507 e. The molecule has 18 nitrogen and oxygen atoms in total. The first-order valence-electron chi connectivity index (χ1n) is 13.2. The number of aliphatic hydroxyl groups excluding tert-OH is 7. The van der Waals surface area contributed by atoms with Crippen molar-refractivity contribution >= 4 is 16.9 Å². The van der Waals surface area contributed by atoms with Crippen LogP contribution in [0.25, 0.3) is 22.3 Å². The summed E-state index contributed by atoms with van der Waals surface area (Å²) in [5.74, 6) is -5.35. The van der Waals surface area contributed by atoms with E-state index in [1.807, 2.05) is 0 Å². The molecule has 0 amide bonds. The predicted octanol–water partition coefficient (Wildman–Crippen LogP) is -2.97. The van der Waals surface area contributed by atoms with Crippen molar-refractivity contribution < 1.29 is 84.3 Å². The lowest BCUT2D eigenvalue weighted by Gasteiger charge is -2.39. The van der Waals surface area contributed by atoms with Gasteiger partial charge in [0.25, 0.3) is 0 Å². The van der Waals surface area contributed by atoms with Crippen LogP contribution in [0, 0.1) is 0 Å². The van der Waals surface area contributed by atoms with Crippen molar-refractivity contribution in [3.05, 3.63) is 40.6 Å². The number of aliphatic hydroxyl groups is 7. The molecule has 0 aliphatic carbocycles. The van der Waals surface area contributed by atoms with Gasteiger partial charge in [0.2, 0.25) is 23.8 Å². The summed E-state index contributed by atoms with van der Waals surface area (Å²) < 4.78 is 27.2. The summed E-state index contributed by atoms with van der Waals surface area (Å²) in [6.07, 6.45) is -18.8. The first kappa shape index (κ1) is 32.2. The zero-order valence-corrected chi connectivity index (χ0v) is 22.6. The van der Waals surface area contributed by atoms with Crippen LogP contribution in [-0.2, 0) is 14.3 Å². The fourth-order valence-electron chi connectivity index (χ4n) is 4.85. The van der Waals surface area contributed by atoms with Crippen LogP contribution in [0.3, 0.4) is 0 Å². The van der Waals surface area contributed by atoms with Crippen molar-refractivity contribution in [1.29, 1.82) is 0 Å². The monoisotopic (exact) mass is 640 g/mol. The Morgan fingerprint density at radius 3 is 2.02 bits per heavy atom. The highest BCUT2D eigenvalue weighted by molar-refractivity contribution is 5.88. The minimum atomic E-state index is -2.01. The Morgan fingerprint density at radius 1 is 0.756 bits per heavy atom. The van der Waals surface area contributed by atoms with Gasteiger partial charge in [0, 0.05) is 17.7 Å². The number of carboxylic acid groups (broad SMARTS) is 1. The van der Waals surface area contributed by atoms with Crippen LogP contribution in [0.1, 0.15) is 0 Å². The molecule has 2 saturated heterocycles. The minimum Gasteiger partial charge on any atom is -0.507 e. The van der Waals surface area contributed by atoms with E-state index in [-0.39, 0.29) is 11.3 Å². The van der Waals surface area contributed by atoms with Crippen LogP contribution < -0.4 is 14.9 Å². The number of aliphatic carboxylic acids is 1. The summed E-state index contributed by atoms with van der Waals surface area (Å²) >= 11 is 0. The molecule has 0 saturated carbocycles. The number of rotatable bonds is 7. The summed E-state index contributed by atoms with van der Waals surface area (Å²) in [6, 6.07) is 5.02. The molecule has 2 aliphatic heterocycles. The van der Waals surface area contributed by atoms with E-state index >= 15 is 0 Å². The van der Waals surface area contributed by atoms with Gasteiger partial charge in [-0.3, -0.25) is 4.79 Å². The van der Waals surface area contributed by atoms with Crippen LogP contribution in [0.4, 0.5) is 0 Å². The number of hydrogen-bond donors (Lipinski definition) is 11. The average molecular weight is 641 g/mol. The molecule has 244 valence electrons. The molecule has 2 fully saturated rings. The van der Waals surface area contributed by atoms with E-state index in [2.05, 4.69) is 0 Å². The van der Waals surface area contributed by atoms with Gasteiger partial charge in [0.1, 0.15) is 65.2 Å². The maximum Gasteiger partial charge on any atom is 0.335 e. The maximum atomic E-state index is 13.7. The first-order chi connectivity index (χ1) is 21.2. The lowest BCUT2D eigenvalue weighted by Crippen LogP contribution is -2.61. The van der Waals surface area contributed by atoms with Crippen molar-refractivity contribution in [2.24, 2.45) is 0 Å². The third-order valence-corrected chi connectivity index (χ3v) is 7.29. The van der Waals surface area contributed by atoms with Crippen LogP contribution in [0.5, 0.6) is 28.7 Å². The van der Waals surface area contributed by atoms with Gasteiger partial charge in [0.15, 0.2) is 23.4 Å². The fourth-order valence-corrected chi connectivity index (χ4v) is 4.85. The highest BCUT2D eigenvalue weighted by Gasteiger charge is 2.48. The van der Waals surface area contributed by atoms with Crippen LogP contribution in [0.15, 0.2) is 39.5 Å². The van der Waals surface area contributed by atoms with E-state index < -0.39 is 119 Å². The Balaban J connectivity index is 1.60. The highest BCUT2D eigenvalue weighted by Crippen LogP contribution is 2.40. The van der Waals surface area contributed by atoms with Gasteiger partial charge in [-0.15, -0.1) is 0 Å². The first-order valence-corrected chi connectivity index (χ1v) is 13.2. The average Bonchev–Trinajstić information content (AvgIpc) is 2.99. The number of phenolic OH excluding ortho intramolecular Hbond substituents is 3. The van der Waals surface area contributed by atoms with E-state index in [1.54, 1.807) is 0 Å². The molecule has 11 N–H and O–H groups in total. The Hall–Kier alpha value is -4.24. The van der Waals surface area contributed by atoms with Gasteiger partial charge in [-0.1, -0.05) is 0 Å². The second-order valence-corrected chi connectivity index (χ2v) is 10.3. The van der Waals surface area contributed by atoms with Crippen molar-refractivity contribution in [3.63, 3.8) is 0 Å². The molecule has 5 unspecified atom stereocenters. The molecule has 0 spiro atoms. The summed E-state index contributed by atoms with van der Waals surface area (Å²) in [7, 11) is 0. The summed E-state index contributed by atoms with van der Waals surface area (Å²) in [4.78, 5) is 25.2. The molecule has 1 aromatic heterocycles. The van der Waals surface area contributed by atoms with Gasteiger partial charge in [0.05, 0.1) is 6.61 Å². The lowest BCUT2D eigenvalue weighted by molar-refractivity contribution is -0.277. The zero-order chi connectivity index (χ0) is 32.9. The summed E-state index contributed by atoms with van der Waals surface area (Å²) in [5, 5.41) is 110. The molecule has 3 aromatic rings. The number of phenols is 3. The number of ether oxygens (including phenoxy) is 4. The van der Waals surface area contributed by atoms with E-state index in [0.717, 1.165) is 24.3 Å². The molecule has 18 heteroatoms. The topological polar surface area (TPSA) is 307 Å². The van der Waals surface area contributed by atoms with E-state index in [1.165, 1.54) is 6.07 Å². The Kier molecular flexibility index (Phi) is 8.77. The number of aromatic hydroxyl groups is 3. The predicted molar refractivity (Wildman–Crippen MR) is 142 cm³/mol. The number of carbonyl (C=O) groups is 1. The Labute approximate surface area is 250 Å². The Morgan fingerprint density at radius 2 is 1.40 bits per heavy atom. The molecular weight excluding hydrogens is 612 g/mol. The minimum absolute atomic E-state index is 0.109. The van der Waals surface area contributed by atoms with Gasteiger partial charge in [-0.2, -0.15) is 0 Å². The van der Waals surface area contributed by atoms with Crippen LogP contribution in [-0.4, -0.2) is 130 Å². The molecular formula is C27H28O18. The molecule has 10 atom stereocenters. The third-order valence-electron chi connectivity index (χ3n) is 7.29. The standard InChI is InChI=1S/C27H28O18/c28-6-13-15(32)17(34)20(37)27(43-13)44-23-16(33)14-11(31)4-8(41-26-21(38)18(35)19(36)24(45-26)25(39)40)5-12(14)42-22(23)7-1-2-9(29)10(30)3-7/h1-5,13,15,17-21,24,26-32,34-38H,6H2,(H,39,40)/t13?,15-,17?,18+,19+,20?,21?,24?,26-,27+/m1/s1. The van der Waals surface area contributed by atoms with E-state index in [9.17, 15) is 65.8 Å². The summed E-state index contributed by atoms with van der Waals surface area (Å²) in [5.41, 5.74) is -1.65. The van der Waals surface area contributed by atoms with E-state index in [4.69, 9.17) is 23.4 Å². The second kappa shape index (κ2) is 12.3. The second-order valence-electron chi connectivity index (χ2n) is 10.3. The molecule has 45 heavy (non-hydrogen) atoms. The smallest absolute Gasteiger partial charge is 0.335 e. The van der Waals surface area contributed by atoms with Gasteiger partial charge in [-0.25, -0.2) is 4.79 Å². The van der Waals surface area contributed by atoms with E-state index in [0.29, 0.717) is 0 Å². The van der Waals surface area contributed by atoms with Gasteiger partial charge < -0.3 is 79.5 Å². The van der Waals surface area contributed by atoms with Crippen molar-refractivity contribution in [2.75, 3.05) is 6.61 Å². The number of hydrogen-bond acceptors (Lipinski definition) is 17. The SMILES string of the molecule is O=C(O)C1O[C@@H](Oc2cc(O)c3c(=O)c(O[C@@H]4OC(CO)[C@@H](O)C(O)C4O)c(-c4ccc(O)c(O)c4)oc3c2)C(O)[C@@H](O)[C@@H]1O. The molecule has 5 rings (SSSR count).